The van der Waals surface area contributed by atoms with E-state index in [2.05, 4.69) is 0 Å². The van der Waals surface area contributed by atoms with Crippen molar-refractivity contribution in [3.63, 3.8) is 0 Å². The van der Waals surface area contributed by atoms with Gasteiger partial charge in [0.05, 0.1) is 0 Å². The minimum absolute atomic E-state index is 0.0476. The molecule has 2 bridgehead atoms. The quantitative estimate of drug-likeness (QED) is 0.787. The van der Waals surface area contributed by atoms with Crippen LogP contribution < -0.4 is 5.56 Å². The Morgan fingerprint density at radius 2 is 2.07 bits per heavy atom. The first-order valence-electron chi connectivity index (χ1n) is 11.0. The van der Waals surface area contributed by atoms with Crippen molar-refractivity contribution in [3.05, 3.63) is 57.0 Å². The van der Waals surface area contributed by atoms with Gasteiger partial charge in [0.2, 0.25) is 0 Å². The van der Waals surface area contributed by atoms with E-state index in [4.69, 9.17) is 10.1 Å². The van der Waals surface area contributed by atoms with Crippen LogP contribution in [0.15, 0.2) is 28.1 Å². The SMILES string of the molecule is Cc1nc2n(c(=O)c1CC[N+]13CCC(CC1)C(c1ccc(F)cc1O)=N3)CCCC2. The molecule has 5 heterocycles. The van der Waals surface area contributed by atoms with Crippen molar-refractivity contribution < 1.29 is 14.1 Å². The van der Waals surface area contributed by atoms with E-state index in [1.54, 1.807) is 6.07 Å². The Morgan fingerprint density at radius 3 is 2.83 bits per heavy atom. The Morgan fingerprint density at radius 1 is 1.27 bits per heavy atom. The molecule has 0 unspecified atom stereocenters. The van der Waals surface area contributed by atoms with Gasteiger partial charge >= 0.3 is 0 Å². The lowest BCUT2D eigenvalue weighted by molar-refractivity contribution is -0.943. The average molecular weight is 412 g/mol. The van der Waals surface area contributed by atoms with Crippen molar-refractivity contribution in [1.29, 1.82) is 0 Å². The molecular formula is C23H28FN4O2+. The lowest BCUT2D eigenvalue weighted by atomic mass is 9.85. The monoisotopic (exact) mass is 411 g/mol. The minimum atomic E-state index is -0.446. The van der Waals surface area contributed by atoms with E-state index in [1.165, 1.54) is 6.07 Å². The first-order valence-corrected chi connectivity index (χ1v) is 11.0. The molecule has 0 saturated carbocycles. The number of benzene rings is 1. The fourth-order valence-corrected chi connectivity index (χ4v) is 5.34. The molecule has 1 saturated heterocycles. The fraction of sp³-hybridized carbons (Fsp3) is 0.522. The molecule has 30 heavy (non-hydrogen) atoms. The van der Waals surface area contributed by atoms with Gasteiger partial charge < -0.3 is 5.11 Å². The summed E-state index contributed by atoms with van der Waals surface area (Å²) in [5.74, 6) is 0.732. The van der Waals surface area contributed by atoms with Gasteiger partial charge in [-0.25, -0.2) is 9.37 Å². The molecule has 0 aliphatic carbocycles. The number of phenols is 1. The van der Waals surface area contributed by atoms with Crippen molar-refractivity contribution in [2.45, 2.75) is 52.0 Å². The summed E-state index contributed by atoms with van der Waals surface area (Å²) < 4.78 is 15.9. The second-order valence-electron chi connectivity index (χ2n) is 8.94. The largest absolute Gasteiger partial charge is 0.507 e. The summed E-state index contributed by atoms with van der Waals surface area (Å²) in [7, 11) is 0. The van der Waals surface area contributed by atoms with Crippen LogP contribution in [0, 0.1) is 18.7 Å². The summed E-state index contributed by atoms with van der Waals surface area (Å²) in [5, 5.41) is 15.3. The second kappa shape index (κ2) is 7.30. The van der Waals surface area contributed by atoms with Crippen LogP contribution in [-0.2, 0) is 19.4 Å². The van der Waals surface area contributed by atoms with Gasteiger partial charge in [0.15, 0.2) is 0 Å². The van der Waals surface area contributed by atoms with Gasteiger partial charge in [-0.2, -0.15) is 4.59 Å². The molecule has 1 aromatic carbocycles. The Hall–Kier alpha value is -2.54. The molecule has 1 aromatic heterocycles. The van der Waals surface area contributed by atoms with E-state index in [1.807, 2.05) is 11.5 Å². The number of rotatable bonds is 4. The van der Waals surface area contributed by atoms with Gasteiger partial charge in [0.1, 0.15) is 42.7 Å². The van der Waals surface area contributed by atoms with Crippen molar-refractivity contribution in [2.75, 3.05) is 19.6 Å². The lowest BCUT2D eigenvalue weighted by Gasteiger charge is -2.44. The molecule has 6 nitrogen and oxygen atoms in total. The fourth-order valence-electron chi connectivity index (χ4n) is 5.34. The Balaban J connectivity index is 1.44. The van der Waals surface area contributed by atoms with Crippen LogP contribution in [0.1, 0.15) is 48.3 Å². The molecule has 0 atom stereocenters. The summed E-state index contributed by atoms with van der Waals surface area (Å²) in [6.45, 7) is 5.33. The van der Waals surface area contributed by atoms with E-state index >= 15 is 0 Å². The van der Waals surface area contributed by atoms with Crippen LogP contribution in [0.4, 0.5) is 4.39 Å². The van der Waals surface area contributed by atoms with Crippen molar-refractivity contribution in [2.24, 2.45) is 11.0 Å². The van der Waals surface area contributed by atoms with Crippen molar-refractivity contribution in [3.8, 4) is 5.75 Å². The maximum atomic E-state index is 13.4. The minimum Gasteiger partial charge on any atom is -0.507 e. The van der Waals surface area contributed by atoms with Crippen molar-refractivity contribution in [1.82, 2.24) is 9.55 Å². The number of quaternary nitrogens is 1. The highest BCUT2D eigenvalue weighted by Gasteiger charge is 2.43. The van der Waals surface area contributed by atoms with E-state index in [0.717, 1.165) is 87.1 Å². The maximum absolute atomic E-state index is 13.4. The molecular weight excluding hydrogens is 383 g/mol. The first-order chi connectivity index (χ1) is 14.5. The number of nitrogens with zero attached hydrogens (tertiary/aromatic N) is 4. The molecule has 0 amide bonds. The number of aromatic hydroxyl groups is 1. The number of hydrogen-bond donors (Lipinski definition) is 1. The molecule has 158 valence electrons. The topological polar surface area (TPSA) is 67.5 Å². The number of fused-ring (bicyclic) bond motifs is 3. The molecule has 0 spiro atoms. The van der Waals surface area contributed by atoms with Gasteiger partial charge in [0, 0.05) is 61.0 Å². The van der Waals surface area contributed by atoms with Crippen LogP contribution in [-0.4, -0.2) is 44.6 Å². The third-order valence-corrected chi connectivity index (χ3v) is 7.09. The molecule has 1 fully saturated rings. The Bertz CT molecular complexity index is 1080. The summed E-state index contributed by atoms with van der Waals surface area (Å²) in [6, 6.07) is 4.16. The number of halogens is 1. The summed E-state index contributed by atoms with van der Waals surface area (Å²) >= 11 is 0. The number of piperidine rings is 1. The lowest BCUT2D eigenvalue weighted by Crippen LogP contribution is -2.56. The number of aryl methyl sites for hydroxylation is 2. The molecule has 4 aliphatic rings. The highest BCUT2D eigenvalue weighted by atomic mass is 19.1. The third kappa shape index (κ3) is 3.25. The smallest absolute Gasteiger partial charge is 0.257 e. The van der Waals surface area contributed by atoms with Crippen LogP contribution in [0.5, 0.6) is 5.75 Å². The maximum Gasteiger partial charge on any atom is 0.257 e. The van der Waals surface area contributed by atoms with Crippen LogP contribution in [0.2, 0.25) is 0 Å². The predicted molar refractivity (Wildman–Crippen MR) is 112 cm³/mol. The van der Waals surface area contributed by atoms with Crippen LogP contribution >= 0.6 is 0 Å². The van der Waals surface area contributed by atoms with Gasteiger partial charge in [-0.15, -0.1) is 0 Å². The average Bonchev–Trinajstić information content (AvgIpc) is 2.74. The highest BCUT2D eigenvalue weighted by Crippen LogP contribution is 2.36. The molecule has 7 heteroatoms. The zero-order chi connectivity index (χ0) is 20.9. The predicted octanol–water partition coefficient (Wildman–Crippen LogP) is 2.92. The Labute approximate surface area is 175 Å². The van der Waals surface area contributed by atoms with Gasteiger partial charge in [-0.05, 0) is 31.9 Å². The third-order valence-electron chi connectivity index (χ3n) is 7.09. The molecule has 6 rings (SSSR count). The van der Waals surface area contributed by atoms with E-state index in [9.17, 15) is 14.3 Å². The van der Waals surface area contributed by atoms with Gasteiger partial charge in [0.25, 0.3) is 5.56 Å². The van der Waals surface area contributed by atoms with Gasteiger partial charge in [-0.1, -0.05) is 5.10 Å². The first kappa shape index (κ1) is 19.4. The van der Waals surface area contributed by atoms with E-state index in [0.29, 0.717) is 22.5 Å². The van der Waals surface area contributed by atoms with E-state index < -0.39 is 5.82 Å². The molecule has 1 N–H and O–H groups in total. The zero-order valence-corrected chi connectivity index (χ0v) is 17.4. The number of hydrogen-bond acceptors (Lipinski definition) is 4. The molecule has 4 aliphatic heterocycles. The van der Waals surface area contributed by atoms with Gasteiger partial charge in [-0.3, -0.25) is 9.36 Å². The standard InChI is InChI=1S/C23H27FN4O2/c1-15-18(23(30)27-10-3-2-4-21(27)25-15)9-13-28-11-7-16(8-12-28)22(26-28)19-6-5-17(24)14-20(19)29/h5-6,14,16H,2-4,7-13H2,1H3/p+1. The van der Waals surface area contributed by atoms with Crippen LogP contribution in [0.25, 0.3) is 0 Å². The molecule has 2 aromatic rings. The number of aromatic nitrogens is 2. The summed E-state index contributed by atoms with van der Waals surface area (Å²) in [5.41, 5.74) is 3.28. The van der Waals surface area contributed by atoms with E-state index in [-0.39, 0.29) is 11.3 Å². The zero-order valence-electron chi connectivity index (χ0n) is 17.4. The normalized spacial score (nSPS) is 25.1. The van der Waals surface area contributed by atoms with Crippen LogP contribution in [0.3, 0.4) is 0 Å². The summed E-state index contributed by atoms with van der Waals surface area (Å²) in [4.78, 5) is 17.8. The number of phenolic OH excluding ortho intramolecular Hbond substituents is 1. The second-order valence-corrected chi connectivity index (χ2v) is 8.94. The Kier molecular flexibility index (Phi) is 4.73. The highest BCUT2D eigenvalue weighted by molar-refractivity contribution is 6.04. The van der Waals surface area contributed by atoms with Crippen molar-refractivity contribution >= 4 is 5.71 Å². The molecule has 0 radical (unpaired) electrons. The summed E-state index contributed by atoms with van der Waals surface area (Å²) in [6.07, 6.45) is 5.65.